The van der Waals surface area contributed by atoms with Gasteiger partial charge in [-0.1, -0.05) is 17.7 Å². The Morgan fingerprint density at radius 2 is 2.10 bits per heavy atom. The molecule has 13 nitrogen and oxygen atoms in total. The van der Waals surface area contributed by atoms with Crippen LogP contribution in [0.4, 0.5) is 16.4 Å². The average Bonchev–Trinajstić information content (AvgIpc) is 3.71. The number of carbonyl (C=O) groups is 1. The van der Waals surface area contributed by atoms with Crippen LogP contribution in [0.5, 0.6) is 5.75 Å². The van der Waals surface area contributed by atoms with Gasteiger partial charge in [0.1, 0.15) is 12.1 Å². The molecule has 2 amide bonds. The van der Waals surface area contributed by atoms with Gasteiger partial charge in [0.15, 0.2) is 23.1 Å². The molecule has 0 spiro atoms. The Bertz CT molecular complexity index is 1720. The van der Waals surface area contributed by atoms with E-state index in [1.54, 1.807) is 41.5 Å². The summed E-state index contributed by atoms with van der Waals surface area (Å²) < 4.78 is 8.80. The number of urea groups is 1. The van der Waals surface area contributed by atoms with E-state index < -0.39 is 0 Å². The molecule has 0 radical (unpaired) electrons. The van der Waals surface area contributed by atoms with E-state index in [2.05, 4.69) is 35.9 Å². The number of carbonyl (C=O) groups excluding carboxylic acids is 1. The first kappa shape index (κ1) is 25.8. The summed E-state index contributed by atoms with van der Waals surface area (Å²) in [4.78, 5) is 23.4. The maximum Gasteiger partial charge on any atom is 0.323 e. The number of fused-ring (bicyclic) bond motifs is 3. The predicted molar refractivity (Wildman–Crippen MR) is 152 cm³/mol. The van der Waals surface area contributed by atoms with E-state index in [1.165, 1.54) is 0 Å². The first-order valence-corrected chi connectivity index (χ1v) is 13.3. The zero-order valence-corrected chi connectivity index (χ0v) is 22.8. The van der Waals surface area contributed by atoms with Crippen molar-refractivity contribution in [2.75, 3.05) is 30.8 Å². The van der Waals surface area contributed by atoms with Crippen LogP contribution < -0.4 is 21.1 Å². The Hall–Kier alpha value is -4.49. The van der Waals surface area contributed by atoms with Crippen molar-refractivity contribution >= 4 is 51.1 Å². The lowest BCUT2D eigenvalue weighted by molar-refractivity contribution is 0.222. The van der Waals surface area contributed by atoms with Crippen LogP contribution >= 0.6 is 11.6 Å². The number of amides is 2. The molecule has 0 saturated carbocycles. The number of aromatic nitrogens is 7. The fraction of sp³-hybridized carbons (Fsp3) is 0.308. The quantitative estimate of drug-likeness (QED) is 0.271. The second kappa shape index (κ2) is 10.6. The molecule has 40 heavy (non-hydrogen) atoms. The molecule has 1 aromatic carbocycles. The van der Waals surface area contributed by atoms with E-state index in [4.69, 9.17) is 22.1 Å². The fourth-order valence-corrected chi connectivity index (χ4v) is 5.15. The summed E-state index contributed by atoms with van der Waals surface area (Å²) in [5.74, 6) is 2.10. The first-order valence-electron chi connectivity index (χ1n) is 12.9. The molecule has 6 rings (SSSR count). The van der Waals surface area contributed by atoms with Crippen LogP contribution in [-0.2, 0) is 13.1 Å². The van der Waals surface area contributed by atoms with Crippen LogP contribution in [0.2, 0.25) is 5.02 Å². The highest BCUT2D eigenvalue weighted by molar-refractivity contribution is 6.32. The molecule has 206 valence electrons. The van der Waals surface area contributed by atoms with Crippen molar-refractivity contribution in [2.45, 2.75) is 32.5 Å². The van der Waals surface area contributed by atoms with E-state index in [9.17, 15) is 4.79 Å². The minimum atomic E-state index is -0.234. The topological polar surface area (TPSA) is 154 Å². The van der Waals surface area contributed by atoms with Crippen molar-refractivity contribution in [3.63, 3.8) is 0 Å². The van der Waals surface area contributed by atoms with Crippen molar-refractivity contribution in [3.8, 4) is 11.6 Å². The molecule has 1 saturated heterocycles. The lowest BCUT2D eigenvalue weighted by atomic mass is 10.1. The zero-order valence-electron chi connectivity index (χ0n) is 22.0. The maximum atomic E-state index is 12.6. The van der Waals surface area contributed by atoms with Crippen molar-refractivity contribution in [2.24, 2.45) is 5.73 Å². The monoisotopic (exact) mass is 561 g/mol. The number of likely N-dealkylation sites (tertiary alicyclic amines) is 1. The molecular formula is C26H28ClN11O2. The van der Waals surface area contributed by atoms with Crippen LogP contribution in [0.3, 0.4) is 0 Å². The number of nitrogens with one attached hydrogen (secondary N) is 2. The number of methoxy groups -OCH3 is 1. The molecule has 5 heterocycles. The largest absolute Gasteiger partial charge is 0.495 e. The molecule has 0 aliphatic carbocycles. The van der Waals surface area contributed by atoms with Gasteiger partial charge in [-0.25, -0.2) is 19.4 Å². The molecule has 1 aliphatic heterocycles. The molecule has 1 atom stereocenters. The number of hydrogen-bond donors (Lipinski definition) is 3. The number of benzene rings is 1. The third-order valence-electron chi connectivity index (χ3n) is 6.94. The second-order valence-corrected chi connectivity index (χ2v) is 9.94. The van der Waals surface area contributed by atoms with Gasteiger partial charge in [-0.15, -0.1) is 10.2 Å². The van der Waals surface area contributed by atoms with Gasteiger partial charge in [0.05, 0.1) is 29.9 Å². The van der Waals surface area contributed by atoms with E-state index in [0.717, 1.165) is 33.8 Å². The molecule has 1 aliphatic rings. The highest BCUT2D eigenvalue weighted by atomic mass is 35.5. The van der Waals surface area contributed by atoms with Gasteiger partial charge in [-0.05, 0) is 31.0 Å². The number of imidazole rings is 1. The van der Waals surface area contributed by atoms with Gasteiger partial charge in [-0.3, -0.25) is 9.88 Å². The molecular weight excluding hydrogens is 534 g/mol. The van der Waals surface area contributed by atoms with Gasteiger partial charge in [-0.2, -0.15) is 5.10 Å². The van der Waals surface area contributed by atoms with Gasteiger partial charge >= 0.3 is 6.03 Å². The van der Waals surface area contributed by atoms with Crippen molar-refractivity contribution in [3.05, 3.63) is 53.7 Å². The molecule has 5 aromatic rings. The van der Waals surface area contributed by atoms with Crippen LogP contribution in [0.25, 0.3) is 27.6 Å². The predicted octanol–water partition coefficient (Wildman–Crippen LogP) is 3.42. The smallest absolute Gasteiger partial charge is 0.323 e. The minimum Gasteiger partial charge on any atom is -0.495 e. The normalized spacial score (nSPS) is 15.2. The van der Waals surface area contributed by atoms with Gasteiger partial charge in [0.2, 0.25) is 0 Å². The van der Waals surface area contributed by atoms with E-state index in [-0.39, 0.29) is 12.1 Å². The summed E-state index contributed by atoms with van der Waals surface area (Å²) in [6.45, 7) is 4.28. The lowest BCUT2D eigenvalue weighted by Gasteiger charge is -2.15. The molecule has 0 unspecified atom stereocenters. The molecule has 1 fully saturated rings. The molecule has 0 bridgehead atoms. The number of ether oxygens (including phenoxy) is 1. The Balaban J connectivity index is 1.35. The van der Waals surface area contributed by atoms with E-state index in [1.807, 2.05) is 29.8 Å². The van der Waals surface area contributed by atoms with Gasteiger partial charge < -0.3 is 20.7 Å². The van der Waals surface area contributed by atoms with E-state index >= 15 is 0 Å². The second-order valence-electron chi connectivity index (χ2n) is 9.53. The third-order valence-corrected chi connectivity index (χ3v) is 7.23. The Morgan fingerprint density at radius 1 is 1.23 bits per heavy atom. The van der Waals surface area contributed by atoms with E-state index in [0.29, 0.717) is 54.4 Å². The van der Waals surface area contributed by atoms with Crippen molar-refractivity contribution in [1.29, 1.82) is 0 Å². The number of aryl methyl sites for hydroxylation is 1. The van der Waals surface area contributed by atoms with Crippen LogP contribution in [0, 0.1) is 0 Å². The summed E-state index contributed by atoms with van der Waals surface area (Å²) in [5.41, 5.74) is 7.63. The standard InChI is InChI=1S/C26H28ClN11O2/c1-3-38-24-18(11-32-38)22-17(10-30-24)25(35-34-23(22)29-9-15-4-5-20(40-2)19(27)8-15)37-13-21(31-14-37)33-26(39)36-7-6-16(28)12-36/h4-5,8,10-11,13-14,16H,3,6-7,9,12,28H2,1-2H3,(H,29,34)(H,33,39)/t16-/m0/s1. The summed E-state index contributed by atoms with van der Waals surface area (Å²) >= 11 is 6.33. The molecule has 4 N–H and O–H groups in total. The van der Waals surface area contributed by atoms with Gasteiger partial charge in [0.25, 0.3) is 0 Å². The van der Waals surface area contributed by atoms with Crippen LogP contribution in [0.1, 0.15) is 18.9 Å². The zero-order chi connectivity index (χ0) is 27.8. The molecule has 14 heteroatoms. The number of anilines is 2. The maximum absolute atomic E-state index is 12.6. The van der Waals surface area contributed by atoms with Crippen LogP contribution in [0.15, 0.2) is 43.1 Å². The highest BCUT2D eigenvalue weighted by Gasteiger charge is 2.24. The lowest BCUT2D eigenvalue weighted by Crippen LogP contribution is -2.35. The Morgan fingerprint density at radius 3 is 2.85 bits per heavy atom. The summed E-state index contributed by atoms with van der Waals surface area (Å²) in [6, 6.07) is 5.38. The minimum absolute atomic E-state index is 0.000164. The number of pyridine rings is 1. The number of rotatable bonds is 7. The Labute approximate surface area is 234 Å². The van der Waals surface area contributed by atoms with Crippen LogP contribution in [-0.4, -0.2) is 71.7 Å². The van der Waals surface area contributed by atoms with Crippen molar-refractivity contribution < 1.29 is 9.53 Å². The highest BCUT2D eigenvalue weighted by Crippen LogP contribution is 2.32. The number of nitrogens with two attached hydrogens (primary N) is 1. The Kier molecular flexibility index (Phi) is 6.82. The summed E-state index contributed by atoms with van der Waals surface area (Å²) in [5, 5.41) is 22.7. The number of halogens is 1. The number of hydrogen-bond acceptors (Lipinski definition) is 9. The SMILES string of the molecule is CCn1ncc2c3c(NCc4ccc(OC)c(Cl)c4)nnc(-n4cnc(NC(=O)N5CC[C@H](N)C5)c4)c3cnc21. The summed E-state index contributed by atoms with van der Waals surface area (Å²) in [7, 11) is 1.58. The average molecular weight is 562 g/mol. The molecule has 4 aromatic heterocycles. The first-order chi connectivity index (χ1) is 19.4. The third kappa shape index (κ3) is 4.73. The fourth-order valence-electron chi connectivity index (χ4n) is 4.87. The van der Waals surface area contributed by atoms with Gasteiger partial charge in [0, 0.05) is 49.2 Å². The number of nitrogens with zero attached hydrogens (tertiary/aromatic N) is 8. The van der Waals surface area contributed by atoms with Crippen molar-refractivity contribution in [1.82, 2.24) is 39.4 Å². The summed E-state index contributed by atoms with van der Waals surface area (Å²) in [6.07, 6.45) is 7.61.